The molecule has 1 aromatic heterocycles. The number of nitrogens with two attached hydrogens (primary N) is 1. The highest BCUT2D eigenvalue weighted by atomic mass is 19.4. The van der Waals surface area contributed by atoms with Gasteiger partial charge < -0.3 is 15.2 Å². The largest absolute Gasteiger partial charge is 0.433 e. The molecule has 2 rings (SSSR count). The molecule has 1 aliphatic heterocycles. The van der Waals surface area contributed by atoms with Gasteiger partial charge in [-0.2, -0.15) is 13.2 Å². The van der Waals surface area contributed by atoms with Gasteiger partial charge in [0.05, 0.1) is 12.3 Å². The monoisotopic (exact) mass is 277 g/mol. The van der Waals surface area contributed by atoms with Crippen LogP contribution in [0.25, 0.3) is 0 Å². The highest BCUT2D eigenvalue weighted by Gasteiger charge is 2.33. The van der Waals surface area contributed by atoms with E-state index in [-0.39, 0.29) is 18.6 Å². The third kappa shape index (κ3) is 4.03. The van der Waals surface area contributed by atoms with Gasteiger partial charge in [0.2, 0.25) is 5.95 Å². The van der Waals surface area contributed by atoms with Crippen LogP contribution in [0.5, 0.6) is 0 Å². The smallest absolute Gasteiger partial charge is 0.368 e. The minimum Gasteiger partial charge on any atom is -0.368 e. The maximum atomic E-state index is 12.5. The van der Waals surface area contributed by atoms with E-state index < -0.39 is 17.8 Å². The third-order valence-electron chi connectivity index (χ3n) is 2.64. The molecule has 8 heteroatoms. The first kappa shape index (κ1) is 14.0. The van der Waals surface area contributed by atoms with Crippen molar-refractivity contribution >= 4 is 5.95 Å². The van der Waals surface area contributed by atoms with E-state index in [1.807, 2.05) is 0 Å². The van der Waals surface area contributed by atoms with Crippen molar-refractivity contribution in [3.63, 3.8) is 0 Å². The topological polar surface area (TPSA) is 70.3 Å². The van der Waals surface area contributed by atoms with Crippen LogP contribution in [-0.2, 0) is 22.3 Å². The lowest BCUT2D eigenvalue weighted by Crippen LogP contribution is -2.22. The molecule has 1 unspecified atom stereocenters. The zero-order chi connectivity index (χ0) is 13.9. The van der Waals surface area contributed by atoms with Crippen LogP contribution < -0.4 is 5.73 Å². The molecule has 0 aliphatic carbocycles. The molecule has 1 aromatic rings. The van der Waals surface area contributed by atoms with Gasteiger partial charge in [-0.25, -0.2) is 9.97 Å². The van der Waals surface area contributed by atoms with Crippen molar-refractivity contribution in [2.45, 2.75) is 38.3 Å². The van der Waals surface area contributed by atoms with Crippen molar-refractivity contribution in [2.24, 2.45) is 0 Å². The molecule has 1 aliphatic rings. The standard InChI is InChI=1S/C11H14F3N3O2/c12-11(13,14)8-5-7(16-10(15)17-8)6-19-9-3-1-2-4-18-9/h5,9H,1-4,6H2,(H2,15,16,17). The van der Waals surface area contributed by atoms with E-state index in [0.717, 1.165) is 25.3 Å². The van der Waals surface area contributed by atoms with Crippen LogP contribution in [-0.4, -0.2) is 22.9 Å². The van der Waals surface area contributed by atoms with E-state index in [9.17, 15) is 13.2 Å². The summed E-state index contributed by atoms with van der Waals surface area (Å²) in [4.78, 5) is 6.87. The highest BCUT2D eigenvalue weighted by Crippen LogP contribution is 2.28. The van der Waals surface area contributed by atoms with Gasteiger partial charge in [-0.05, 0) is 25.3 Å². The molecule has 0 saturated carbocycles. The number of aromatic nitrogens is 2. The van der Waals surface area contributed by atoms with Gasteiger partial charge in [-0.15, -0.1) is 0 Å². The van der Waals surface area contributed by atoms with Crippen molar-refractivity contribution in [3.05, 3.63) is 17.5 Å². The Kier molecular flexibility index (Phi) is 4.20. The van der Waals surface area contributed by atoms with E-state index in [1.165, 1.54) is 0 Å². The first-order chi connectivity index (χ1) is 8.95. The molecule has 19 heavy (non-hydrogen) atoms. The van der Waals surface area contributed by atoms with Gasteiger partial charge in [0, 0.05) is 6.61 Å². The summed E-state index contributed by atoms with van der Waals surface area (Å²) in [6, 6.07) is 0.833. The van der Waals surface area contributed by atoms with E-state index in [2.05, 4.69) is 9.97 Å². The minimum atomic E-state index is -4.55. The Balaban J connectivity index is 2.01. The summed E-state index contributed by atoms with van der Waals surface area (Å²) >= 11 is 0. The summed E-state index contributed by atoms with van der Waals surface area (Å²) < 4.78 is 48.3. The lowest BCUT2D eigenvalue weighted by Gasteiger charge is -2.22. The Morgan fingerprint density at radius 1 is 1.37 bits per heavy atom. The molecule has 0 radical (unpaired) electrons. The van der Waals surface area contributed by atoms with E-state index in [0.29, 0.717) is 6.61 Å². The normalized spacial score (nSPS) is 20.5. The van der Waals surface area contributed by atoms with Gasteiger partial charge >= 0.3 is 6.18 Å². The molecule has 106 valence electrons. The van der Waals surface area contributed by atoms with E-state index in [4.69, 9.17) is 15.2 Å². The molecular formula is C11H14F3N3O2. The predicted octanol–water partition coefficient (Wildman–Crippen LogP) is 2.12. The second-order valence-corrected chi connectivity index (χ2v) is 4.21. The first-order valence-corrected chi connectivity index (χ1v) is 5.89. The second kappa shape index (κ2) is 5.70. The fourth-order valence-corrected chi connectivity index (χ4v) is 1.76. The van der Waals surface area contributed by atoms with Crippen molar-refractivity contribution in [2.75, 3.05) is 12.3 Å². The third-order valence-corrected chi connectivity index (χ3v) is 2.64. The molecule has 2 heterocycles. The Labute approximate surface area is 107 Å². The molecule has 1 saturated heterocycles. The number of hydrogen-bond acceptors (Lipinski definition) is 5. The van der Waals surface area contributed by atoms with Gasteiger partial charge in [0.1, 0.15) is 5.69 Å². The molecular weight excluding hydrogens is 263 g/mol. The highest BCUT2D eigenvalue weighted by molar-refractivity contribution is 5.23. The predicted molar refractivity (Wildman–Crippen MR) is 59.8 cm³/mol. The van der Waals surface area contributed by atoms with Crippen molar-refractivity contribution in [3.8, 4) is 0 Å². The minimum absolute atomic E-state index is 0.0829. The fourth-order valence-electron chi connectivity index (χ4n) is 1.76. The quantitative estimate of drug-likeness (QED) is 0.916. The molecule has 5 nitrogen and oxygen atoms in total. The number of nitrogen functional groups attached to an aromatic ring is 1. The van der Waals surface area contributed by atoms with Crippen molar-refractivity contribution in [1.82, 2.24) is 9.97 Å². The average molecular weight is 277 g/mol. The SMILES string of the molecule is Nc1nc(COC2CCCCO2)cc(C(F)(F)F)n1. The number of ether oxygens (including phenoxy) is 2. The number of halogens is 3. The number of anilines is 1. The van der Waals surface area contributed by atoms with Crippen LogP contribution >= 0.6 is 0 Å². The van der Waals surface area contributed by atoms with Gasteiger partial charge in [-0.3, -0.25) is 0 Å². The summed E-state index contributed by atoms with van der Waals surface area (Å²) in [5, 5.41) is 0. The number of hydrogen-bond donors (Lipinski definition) is 1. The zero-order valence-electron chi connectivity index (χ0n) is 10.1. The van der Waals surface area contributed by atoms with Gasteiger partial charge in [0.25, 0.3) is 0 Å². The lowest BCUT2D eigenvalue weighted by molar-refractivity contribution is -0.169. The van der Waals surface area contributed by atoms with Crippen LogP contribution in [0.4, 0.5) is 19.1 Å². The summed E-state index contributed by atoms with van der Waals surface area (Å²) in [6.45, 7) is 0.519. The Morgan fingerprint density at radius 2 is 2.16 bits per heavy atom. The van der Waals surface area contributed by atoms with Crippen molar-refractivity contribution in [1.29, 1.82) is 0 Å². The van der Waals surface area contributed by atoms with Gasteiger partial charge in [-0.1, -0.05) is 0 Å². The molecule has 0 bridgehead atoms. The first-order valence-electron chi connectivity index (χ1n) is 5.89. The number of alkyl halides is 3. The molecule has 0 aromatic carbocycles. The second-order valence-electron chi connectivity index (χ2n) is 4.21. The molecule has 1 fully saturated rings. The molecule has 0 amide bonds. The van der Waals surface area contributed by atoms with Gasteiger partial charge in [0.15, 0.2) is 6.29 Å². The molecule has 0 spiro atoms. The number of rotatable bonds is 3. The molecule has 2 N–H and O–H groups in total. The summed E-state index contributed by atoms with van der Waals surface area (Å²) in [7, 11) is 0. The van der Waals surface area contributed by atoms with E-state index >= 15 is 0 Å². The fraction of sp³-hybridized carbons (Fsp3) is 0.636. The Hall–Kier alpha value is -1.41. The van der Waals surface area contributed by atoms with E-state index in [1.54, 1.807) is 0 Å². The Bertz CT molecular complexity index is 434. The van der Waals surface area contributed by atoms with Crippen LogP contribution in [0.1, 0.15) is 30.7 Å². The zero-order valence-corrected chi connectivity index (χ0v) is 10.1. The Morgan fingerprint density at radius 3 is 2.79 bits per heavy atom. The van der Waals surface area contributed by atoms with Crippen LogP contribution in [0, 0.1) is 0 Å². The summed E-state index contributed by atoms with van der Waals surface area (Å²) in [5.41, 5.74) is 4.28. The summed E-state index contributed by atoms with van der Waals surface area (Å²) in [6.07, 6.45) is -2.26. The van der Waals surface area contributed by atoms with Crippen molar-refractivity contribution < 1.29 is 22.6 Å². The average Bonchev–Trinajstić information content (AvgIpc) is 2.36. The molecule has 1 atom stereocenters. The lowest BCUT2D eigenvalue weighted by atomic mass is 10.2. The maximum absolute atomic E-state index is 12.5. The maximum Gasteiger partial charge on any atom is 0.433 e. The number of nitrogens with zero attached hydrogens (tertiary/aromatic N) is 2. The van der Waals surface area contributed by atoms with Crippen LogP contribution in [0.15, 0.2) is 6.07 Å². The summed E-state index contributed by atoms with van der Waals surface area (Å²) in [5.74, 6) is -0.419. The van der Waals surface area contributed by atoms with Crippen LogP contribution in [0.3, 0.4) is 0 Å². The van der Waals surface area contributed by atoms with Crippen LogP contribution in [0.2, 0.25) is 0 Å².